The van der Waals surface area contributed by atoms with Gasteiger partial charge in [0.2, 0.25) is 0 Å². The van der Waals surface area contributed by atoms with E-state index in [0.29, 0.717) is 0 Å². The van der Waals surface area contributed by atoms with Crippen LogP contribution in [0.15, 0.2) is 175 Å². The highest BCUT2D eigenvalue weighted by Crippen LogP contribution is 2.37. The molecule has 0 amide bonds. The summed E-state index contributed by atoms with van der Waals surface area (Å²) in [5.41, 5.74) is 13.6. The smallest absolute Gasteiger partial charge is 0.0753 e. The van der Waals surface area contributed by atoms with E-state index in [1.807, 2.05) is 18.5 Å². The van der Waals surface area contributed by atoms with Crippen molar-refractivity contribution in [2.75, 3.05) is 0 Å². The largest absolute Gasteiger partial charge is 0.264 e. The van der Waals surface area contributed by atoms with Crippen molar-refractivity contribution in [3.05, 3.63) is 187 Å². The van der Waals surface area contributed by atoms with Crippen LogP contribution >= 0.6 is 22.6 Å². The highest BCUT2D eigenvalue weighted by atomic mass is 127. The molecule has 7 aromatic rings. The molecule has 0 aliphatic heterocycles. The maximum atomic E-state index is 5.45. The van der Waals surface area contributed by atoms with E-state index in [9.17, 15) is 0 Å². The number of allylic oxidation sites excluding steroid dienone is 1. The van der Waals surface area contributed by atoms with Crippen LogP contribution in [0.5, 0.6) is 0 Å². The van der Waals surface area contributed by atoms with Gasteiger partial charge in [0.15, 0.2) is 0 Å². The molecule has 1 heterocycles. The van der Waals surface area contributed by atoms with Gasteiger partial charge in [-0.15, -0.1) is 0 Å². The van der Waals surface area contributed by atoms with E-state index in [1.165, 1.54) is 44.2 Å². The highest BCUT2D eigenvalue weighted by Gasteiger charge is 2.18. The Balaban J connectivity index is 1.34. The first-order valence-electron chi connectivity index (χ1n) is 16.2. The molecular formula is C45H35IN2. The summed E-state index contributed by atoms with van der Waals surface area (Å²) < 4.78 is 0.201. The number of hydrogen-bond acceptors (Lipinski definition) is 2. The number of rotatable bonds is 8. The molecule has 0 N–H and O–H groups in total. The van der Waals surface area contributed by atoms with Crippen molar-refractivity contribution in [1.29, 1.82) is 0 Å². The second-order valence-electron chi connectivity index (χ2n) is 11.9. The van der Waals surface area contributed by atoms with Gasteiger partial charge in [-0.25, -0.2) is 0 Å². The number of fused-ring (bicyclic) bond motifs is 1. The summed E-state index contributed by atoms with van der Waals surface area (Å²) in [5, 5.41) is 2.51. The standard InChI is InChI=1S/C45H35IN2/c1-31(46)44(40-16-8-15-39(29-40)34-11-4-3-5-12-34)45(38-26-22-35(23-27-38)41-17-10-28-47-30-41)48-32(2)33-20-24-37(25-21-33)43-19-9-14-36-13-6-7-18-42(36)43/h3-31H,1-2H3/b45-44+,48-32+. The average Bonchev–Trinajstić information content (AvgIpc) is 3.15. The Kier molecular flexibility index (Phi) is 9.39. The zero-order chi connectivity index (χ0) is 32.9. The van der Waals surface area contributed by atoms with Crippen LogP contribution in [0.25, 0.3) is 55.4 Å². The summed E-state index contributed by atoms with van der Waals surface area (Å²) in [6, 6.07) is 56.1. The van der Waals surface area contributed by atoms with E-state index < -0.39 is 0 Å². The van der Waals surface area contributed by atoms with Crippen molar-refractivity contribution >= 4 is 50.3 Å². The maximum absolute atomic E-state index is 5.45. The summed E-state index contributed by atoms with van der Waals surface area (Å²) in [6.07, 6.45) is 3.71. The number of aliphatic imine (C=N–C) groups is 1. The van der Waals surface area contributed by atoms with E-state index in [1.54, 1.807) is 0 Å². The molecule has 1 unspecified atom stereocenters. The molecule has 0 saturated carbocycles. The SMILES string of the molecule is C/C(=N\C(=C(\c1cccc(-c2ccccc2)c1)C(C)I)c1ccc(-c2cccnc2)cc1)c1ccc(-c2cccc3ccccc23)cc1. The second-order valence-corrected chi connectivity index (χ2v) is 13.8. The monoisotopic (exact) mass is 730 g/mol. The molecule has 1 aromatic heterocycles. The number of benzene rings is 6. The minimum Gasteiger partial charge on any atom is -0.264 e. The lowest BCUT2D eigenvalue weighted by Gasteiger charge is -2.18. The summed E-state index contributed by atoms with van der Waals surface area (Å²) in [4.78, 5) is 9.78. The molecule has 0 fully saturated rings. The third-order valence-electron chi connectivity index (χ3n) is 8.77. The van der Waals surface area contributed by atoms with Crippen molar-refractivity contribution in [3.8, 4) is 33.4 Å². The predicted molar refractivity (Wildman–Crippen MR) is 213 cm³/mol. The molecule has 0 spiro atoms. The van der Waals surface area contributed by atoms with Gasteiger partial charge in [-0.3, -0.25) is 9.98 Å². The fourth-order valence-electron chi connectivity index (χ4n) is 6.29. The summed E-state index contributed by atoms with van der Waals surface area (Å²) in [5.74, 6) is 0. The van der Waals surface area contributed by atoms with Crippen LogP contribution in [-0.2, 0) is 0 Å². The fraction of sp³-hybridized carbons (Fsp3) is 0.0667. The van der Waals surface area contributed by atoms with Gasteiger partial charge in [0, 0.05) is 27.6 Å². The van der Waals surface area contributed by atoms with Gasteiger partial charge >= 0.3 is 0 Å². The molecule has 3 heteroatoms. The van der Waals surface area contributed by atoms with Crippen LogP contribution in [0.2, 0.25) is 0 Å². The molecule has 7 rings (SSSR count). The molecule has 0 saturated heterocycles. The van der Waals surface area contributed by atoms with Crippen molar-refractivity contribution in [3.63, 3.8) is 0 Å². The number of halogens is 1. The minimum atomic E-state index is 0.201. The molecule has 6 aromatic carbocycles. The van der Waals surface area contributed by atoms with Gasteiger partial charge in [-0.05, 0) is 86.8 Å². The van der Waals surface area contributed by atoms with Crippen LogP contribution in [0, 0.1) is 0 Å². The van der Waals surface area contributed by atoms with Crippen LogP contribution in [0.3, 0.4) is 0 Å². The highest BCUT2D eigenvalue weighted by molar-refractivity contribution is 14.1. The van der Waals surface area contributed by atoms with Crippen LogP contribution < -0.4 is 0 Å². The van der Waals surface area contributed by atoms with E-state index in [4.69, 9.17) is 4.99 Å². The van der Waals surface area contributed by atoms with Crippen LogP contribution in [0.1, 0.15) is 30.5 Å². The first-order valence-corrected chi connectivity index (χ1v) is 17.5. The van der Waals surface area contributed by atoms with Crippen molar-refractivity contribution in [2.45, 2.75) is 17.8 Å². The molecule has 0 bridgehead atoms. The first kappa shape index (κ1) is 31.5. The van der Waals surface area contributed by atoms with E-state index in [-0.39, 0.29) is 3.92 Å². The number of pyridine rings is 1. The second kappa shape index (κ2) is 14.3. The Hall–Kier alpha value is -5.13. The Morgan fingerprint density at radius 1 is 0.562 bits per heavy atom. The topological polar surface area (TPSA) is 25.2 Å². The van der Waals surface area contributed by atoms with Gasteiger partial charge < -0.3 is 0 Å². The minimum absolute atomic E-state index is 0.201. The molecule has 2 nitrogen and oxygen atoms in total. The Morgan fingerprint density at radius 3 is 1.94 bits per heavy atom. The predicted octanol–water partition coefficient (Wildman–Crippen LogP) is 12.4. The zero-order valence-electron chi connectivity index (χ0n) is 27.0. The lowest BCUT2D eigenvalue weighted by atomic mass is 9.93. The Bertz CT molecular complexity index is 2230. The maximum Gasteiger partial charge on any atom is 0.0753 e. The van der Waals surface area contributed by atoms with Crippen molar-refractivity contribution in [2.24, 2.45) is 4.99 Å². The summed E-state index contributed by atoms with van der Waals surface area (Å²) in [6.45, 7) is 4.37. The average molecular weight is 731 g/mol. The van der Waals surface area contributed by atoms with Gasteiger partial charge in [0.1, 0.15) is 0 Å². The lowest BCUT2D eigenvalue weighted by molar-refractivity contribution is 1.29. The van der Waals surface area contributed by atoms with E-state index in [0.717, 1.165) is 33.7 Å². The van der Waals surface area contributed by atoms with E-state index in [2.05, 4.69) is 193 Å². The molecule has 48 heavy (non-hydrogen) atoms. The lowest BCUT2D eigenvalue weighted by Crippen LogP contribution is -2.03. The first-order chi connectivity index (χ1) is 23.5. The Morgan fingerprint density at radius 2 is 1.19 bits per heavy atom. The zero-order valence-corrected chi connectivity index (χ0v) is 29.2. The fourth-order valence-corrected chi connectivity index (χ4v) is 6.94. The third kappa shape index (κ3) is 6.78. The molecular weight excluding hydrogens is 695 g/mol. The van der Waals surface area contributed by atoms with Crippen LogP contribution in [0.4, 0.5) is 0 Å². The number of aromatic nitrogens is 1. The summed E-state index contributed by atoms with van der Waals surface area (Å²) in [7, 11) is 0. The van der Waals surface area contributed by atoms with Gasteiger partial charge in [-0.2, -0.15) is 0 Å². The van der Waals surface area contributed by atoms with Gasteiger partial charge in [0.05, 0.1) is 5.70 Å². The molecule has 1 atom stereocenters. The van der Waals surface area contributed by atoms with Gasteiger partial charge in [0.25, 0.3) is 0 Å². The van der Waals surface area contributed by atoms with Crippen molar-refractivity contribution < 1.29 is 0 Å². The number of hydrogen-bond donors (Lipinski definition) is 0. The van der Waals surface area contributed by atoms with Crippen LogP contribution in [-0.4, -0.2) is 14.6 Å². The molecule has 0 aliphatic rings. The number of alkyl halides is 1. The Labute approximate surface area is 296 Å². The normalized spacial score (nSPS) is 12.9. The van der Waals surface area contributed by atoms with Gasteiger partial charge in [-0.1, -0.05) is 168 Å². The van der Waals surface area contributed by atoms with E-state index >= 15 is 0 Å². The number of nitrogens with zero attached hydrogens (tertiary/aromatic N) is 2. The quantitative estimate of drug-likeness (QED) is 0.0661. The van der Waals surface area contributed by atoms with Crippen molar-refractivity contribution in [1.82, 2.24) is 4.98 Å². The third-order valence-corrected chi connectivity index (χ3v) is 9.39. The molecule has 232 valence electrons. The molecule has 0 aliphatic carbocycles. The summed E-state index contributed by atoms with van der Waals surface area (Å²) >= 11 is 2.54. The molecule has 0 radical (unpaired) electrons.